The summed E-state index contributed by atoms with van der Waals surface area (Å²) in [6.45, 7) is 0. The van der Waals surface area contributed by atoms with E-state index in [4.69, 9.17) is 15.3 Å². The highest BCUT2D eigenvalue weighted by atomic mass is 16.5. The standard InChI is InChI=1S/C20H14N2O2/c1-24-20(23)12-19(18-9-7-17(14-22)8-10-18)11-6-15-2-4-16(13-21)5-3-15/h2-12H,1H3/b11-6+,19-12-. The van der Waals surface area contributed by atoms with Crippen LogP contribution in [0.1, 0.15) is 22.3 Å². The number of hydrogen-bond acceptors (Lipinski definition) is 4. The number of methoxy groups -OCH3 is 1. The third-order valence-corrected chi connectivity index (χ3v) is 3.32. The van der Waals surface area contributed by atoms with Gasteiger partial charge in [0.1, 0.15) is 0 Å². The Balaban J connectivity index is 2.33. The molecule has 0 radical (unpaired) electrons. The summed E-state index contributed by atoms with van der Waals surface area (Å²) in [4.78, 5) is 11.6. The van der Waals surface area contributed by atoms with Crippen molar-refractivity contribution in [1.29, 1.82) is 10.5 Å². The van der Waals surface area contributed by atoms with E-state index in [9.17, 15) is 4.79 Å². The van der Waals surface area contributed by atoms with E-state index in [1.54, 1.807) is 42.5 Å². The van der Waals surface area contributed by atoms with Crippen LogP contribution in [0.25, 0.3) is 11.6 Å². The van der Waals surface area contributed by atoms with Crippen LogP contribution < -0.4 is 0 Å². The molecular weight excluding hydrogens is 300 g/mol. The number of ether oxygens (including phenoxy) is 1. The molecular formula is C20H14N2O2. The fourth-order valence-corrected chi connectivity index (χ4v) is 2.01. The summed E-state index contributed by atoms with van der Waals surface area (Å²) >= 11 is 0. The van der Waals surface area contributed by atoms with Crippen molar-refractivity contribution in [2.45, 2.75) is 0 Å². The van der Waals surface area contributed by atoms with Gasteiger partial charge in [-0.2, -0.15) is 10.5 Å². The maximum atomic E-state index is 11.6. The van der Waals surface area contributed by atoms with Crippen molar-refractivity contribution in [3.05, 3.63) is 82.9 Å². The second-order valence-corrected chi connectivity index (χ2v) is 4.88. The fraction of sp³-hybridized carbons (Fsp3) is 0.0500. The molecule has 2 aromatic rings. The molecule has 0 unspecified atom stereocenters. The Hall–Kier alpha value is -3.63. The first-order valence-corrected chi connectivity index (χ1v) is 7.14. The molecule has 4 nitrogen and oxygen atoms in total. The molecule has 2 aromatic carbocycles. The lowest BCUT2D eigenvalue weighted by Gasteiger charge is -2.03. The number of esters is 1. The average molecular weight is 314 g/mol. The van der Waals surface area contributed by atoms with Crippen molar-refractivity contribution in [3.63, 3.8) is 0 Å². The maximum Gasteiger partial charge on any atom is 0.331 e. The van der Waals surface area contributed by atoms with Crippen LogP contribution in [0.15, 0.2) is 60.7 Å². The predicted octanol–water partition coefficient (Wildman–Crippen LogP) is 3.70. The van der Waals surface area contributed by atoms with E-state index in [1.165, 1.54) is 13.2 Å². The van der Waals surface area contributed by atoms with E-state index in [-0.39, 0.29) is 0 Å². The number of hydrogen-bond donors (Lipinski definition) is 0. The molecule has 116 valence electrons. The summed E-state index contributed by atoms with van der Waals surface area (Å²) in [5, 5.41) is 17.7. The molecule has 4 heteroatoms. The Morgan fingerprint density at radius 2 is 1.50 bits per heavy atom. The molecule has 24 heavy (non-hydrogen) atoms. The highest BCUT2D eigenvalue weighted by Gasteiger charge is 2.03. The van der Waals surface area contributed by atoms with Crippen LogP contribution >= 0.6 is 0 Å². The predicted molar refractivity (Wildman–Crippen MR) is 91.3 cm³/mol. The minimum atomic E-state index is -0.459. The van der Waals surface area contributed by atoms with Gasteiger partial charge in [-0.05, 0) is 41.0 Å². The summed E-state index contributed by atoms with van der Waals surface area (Å²) < 4.78 is 4.69. The highest BCUT2D eigenvalue weighted by molar-refractivity contribution is 5.95. The van der Waals surface area contributed by atoms with Crippen LogP contribution in [0.5, 0.6) is 0 Å². The van der Waals surface area contributed by atoms with E-state index < -0.39 is 5.97 Å². The zero-order chi connectivity index (χ0) is 17.4. The Morgan fingerprint density at radius 3 is 2.00 bits per heavy atom. The molecule has 0 atom stereocenters. The normalized spacial score (nSPS) is 10.9. The zero-order valence-electron chi connectivity index (χ0n) is 13.1. The van der Waals surface area contributed by atoms with Crippen molar-refractivity contribution in [2.24, 2.45) is 0 Å². The van der Waals surface area contributed by atoms with Gasteiger partial charge in [0.05, 0.1) is 30.4 Å². The van der Waals surface area contributed by atoms with E-state index in [2.05, 4.69) is 12.1 Å². The van der Waals surface area contributed by atoms with E-state index in [0.29, 0.717) is 16.7 Å². The molecule has 0 saturated heterocycles. The molecule has 0 bridgehead atoms. The van der Waals surface area contributed by atoms with Gasteiger partial charge in [0.2, 0.25) is 0 Å². The molecule has 0 aliphatic carbocycles. The van der Waals surface area contributed by atoms with Gasteiger partial charge >= 0.3 is 5.97 Å². The van der Waals surface area contributed by atoms with Gasteiger partial charge in [0, 0.05) is 6.08 Å². The molecule has 0 heterocycles. The maximum absolute atomic E-state index is 11.6. The first-order valence-electron chi connectivity index (χ1n) is 7.14. The van der Waals surface area contributed by atoms with E-state index >= 15 is 0 Å². The number of carbonyl (C=O) groups excluding carboxylic acids is 1. The minimum absolute atomic E-state index is 0.459. The van der Waals surface area contributed by atoms with Gasteiger partial charge in [0.15, 0.2) is 0 Å². The van der Waals surface area contributed by atoms with Gasteiger partial charge in [0.25, 0.3) is 0 Å². The van der Waals surface area contributed by atoms with Crippen LogP contribution in [0.3, 0.4) is 0 Å². The Morgan fingerprint density at radius 1 is 0.958 bits per heavy atom. The largest absolute Gasteiger partial charge is 0.466 e. The number of benzene rings is 2. The van der Waals surface area contributed by atoms with Gasteiger partial charge in [-0.1, -0.05) is 36.4 Å². The Bertz CT molecular complexity index is 862. The summed E-state index contributed by atoms with van der Waals surface area (Å²) in [6, 6.07) is 18.2. The van der Waals surface area contributed by atoms with Crippen molar-refractivity contribution >= 4 is 17.6 Å². The fourth-order valence-electron chi connectivity index (χ4n) is 2.01. The molecule has 0 saturated carbocycles. The van der Waals surface area contributed by atoms with Crippen LogP contribution in [0.2, 0.25) is 0 Å². The number of nitriles is 2. The zero-order valence-corrected chi connectivity index (χ0v) is 13.1. The van der Waals surface area contributed by atoms with Crippen molar-refractivity contribution in [1.82, 2.24) is 0 Å². The van der Waals surface area contributed by atoms with E-state index in [1.807, 2.05) is 18.2 Å². The Labute approximate surface area is 140 Å². The third-order valence-electron chi connectivity index (χ3n) is 3.32. The summed E-state index contributed by atoms with van der Waals surface area (Å²) in [5.74, 6) is -0.459. The topological polar surface area (TPSA) is 73.9 Å². The van der Waals surface area contributed by atoms with Gasteiger partial charge in [-0.15, -0.1) is 0 Å². The second-order valence-electron chi connectivity index (χ2n) is 4.88. The van der Waals surface area contributed by atoms with Crippen LogP contribution in [0.4, 0.5) is 0 Å². The molecule has 0 aromatic heterocycles. The first kappa shape index (κ1) is 16.7. The van der Waals surface area contributed by atoms with Crippen molar-refractivity contribution in [2.75, 3.05) is 7.11 Å². The average Bonchev–Trinajstić information content (AvgIpc) is 2.65. The first-order chi connectivity index (χ1) is 11.7. The minimum Gasteiger partial charge on any atom is -0.466 e. The molecule has 0 fully saturated rings. The number of rotatable bonds is 4. The Kier molecular flexibility index (Phi) is 5.66. The summed E-state index contributed by atoms with van der Waals surface area (Å²) in [7, 11) is 1.32. The van der Waals surface area contributed by atoms with Gasteiger partial charge in [-0.3, -0.25) is 0 Å². The smallest absolute Gasteiger partial charge is 0.331 e. The quantitative estimate of drug-likeness (QED) is 0.490. The van der Waals surface area contributed by atoms with E-state index in [0.717, 1.165) is 11.1 Å². The monoisotopic (exact) mass is 314 g/mol. The lowest BCUT2D eigenvalue weighted by atomic mass is 10.0. The van der Waals surface area contributed by atoms with Crippen molar-refractivity contribution in [3.8, 4) is 12.1 Å². The van der Waals surface area contributed by atoms with Crippen LogP contribution in [-0.2, 0) is 9.53 Å². The summed E-state index contributed by atoms with van der Waals surface area (Å²) in [6.07, 6.45) is 5.02. The third kappa shape index (κ3) is 4.43. The molecule has 2 rings (SSSR count). The lowest BCUT2D eigenvalue weighted by molar-refractivity contribution is -0.134. The molecule has 0 amide bonds. The van der Waals surface area contributed by atoms with Crippen molar-refractivity contribution < 1.29 is 9.53 Å². The van der Waals surface area contributed by atoms with Crippen LogP contribution in [0, 0.1) is 22.7 Å². The number of allylic oxidation sites excluding steroid dienone is 2. The molecule has 0 aliphatic rings. The van der Waals surface area contributed by atoms with Gasteiger partial charge < -0.3 is 4.74 Å². The number of carbonyl (C=O) groups is 1. The van der Waals surface area contributed by atoms with Crippen LogP contribution in [-0.4, -0.2) is 13.1 Å². The lowest BCUT2D eigenvalue weighted by Crippen LogP contribution is -1.96. The summed E-state index contributed by atoms with van der Waals surface area (Å²) in [5.41, 5.74) is 3.50. The molecule has 0 N–H and O–H groups in total. The highest BCUT2D eigenvalue weighted by Crippen LogP contribution is 2.19. The SMILES string of the molecule is COC(=O)/C=C(/C=C/c1ccc(C#N)cc1)c1ccc(C#N)cc1. The molecule has 0 spiro atoms. The second kappa shape index (κ2) is 8.12. The molecule has 0 aliphatic heterocycles. The number of nitrogens with zero attached hydrogens (tertiary/aromatic N) is 2. The van der Waals surface area contributed by atoms with Gasteiger partial charge in [-0.25, -0.2) is 4.79 Å².